The fourth-order valence-corrected chi connectivity index (χ4v) is 3.36. The van der Waals surface area contributed by atoms with Crippen LogP contribution in [0.25, 0.3) is 0 Å². The Morgan fingerprint density at radius 3 is 2.87 bits per heavy atom. The van der Waals surface area contributed by atoms with E-state index in [0.29, 0.717) is 31.5 Å². The van der Waals surface area contributed by atoms with Gasteiger partial charge in [0.25, 0.3) is 0 Å². The van der Waals surface area contributed by atoms with Crippen molar-refractivity contribution >= 4 is 5.96 Å². The summed E-state index contributed by atoms with van der Waals surface area (Å²) in [7, 11) is 3.02. The average molecular weight is 438 g/mol. The van der Waals surface area contributed by atoms with Gasteiger partial charge in [-0.05, 0) is 31.0 Å². The number of aryl methyl sites for hydroxylation is 1. The molecule has 0 radical (unpaired) electrons. The summed E-state index contributed by atoms with van der Waals surface area (Å²) < 4.78 is 41.9. The summed E-state index contributed by atoms with van der Waals surface area (Å²) in [4.78, 5) is 9.08. The Balaban J connectivity index is 1.66. The molecular formula is C20H28F2N6O3. The molecule has 0 saturated heterocycles. The van der Waals surface area contributed by atoms with Gasteiger partial charge in [-0.25, -0.2) is 14.7 Å². The highest BCUT2D eigenvalue weighted by atomic mass is 19.3. The Morgan fingerprint density at radius 2 is 2.16 bits per heavy atom. The van der Waals surface area contributed by atoms with Crippen molar-refractivity contribution in [3.63, 3.8) is 0 Å². The molecule has 1 unspecified atom stereocenters. The molecule has 9 nitrogen and oxygen atoms in total. The third-order valence-corrected chi connectivity index (χ3v) is 4.72. The first kappa shape index (κ1) is 22.7. The van der Waals surface area contributed by atoms with E-state index >= 15 is 0 Å². The third kappa shape index (κ3) is 6.27. The first-order valence-corrected chi connectivity index (χ1v) is 10.1. The highest BCUT2D eigenvalue weighted by Crippen LogP contribution is 2.29. The second kappa shape index (κ2) is 10.9. The van der Waals surface area contributed by atoms with Gasteiger partial charge in [-0.1, -0.05) is 6.07 Å². The molecule has 1 atom stereocenters. The molecule has 0 spiro atoms. The standard InChI is InChI=1S/C20H28F2N6O3/c1-4-23-20(24-10-13-5-7-15(30-3)16(9-13)31-19(21)22)25-14-6-8-18-26-17(12-29-2)27-28(18)11-14/h5,7,9,14,19H,4,6,8,10-12H2,1-3H3,(H2,23,24,25). The molecule has 1 aromatic heterocycles. The molecule has 0 saturated carbocycles. The number of methoxy groups -OCH3 is 2. The summed E-state index contributed by atoms with van der Waals surface area (Å²) in [6, 6.07) is 5.01. The SMILES string of the molecule is CCNC(=NCc1ccc(OC)c(OC(F)F)c1)NC1CCc2nc(COC)nn2C1. The van der Waals surface area contributed by atoms with Crippen LogP contribution < -0.4 is 20.1 Å². The van der Waals surface area contributed by atoms with E-state index < -0.39 is 6.61 Å². The maximum atomic E-state index is 12.6. The summed E-state index contributed by atoms with van der Waals surface area (Å²) in [6.45, 7) is 1.09. The summed E-state index contributed by atoms with van der Waals surface area (Å²) in [5.41, 5.74) is 0.722. The molecule has 0 aliphatic carbocycles. The predicted molar refractivity (Wildman–Crippen MR) is 110 cm³/mol. The van der Waals surface area contributed by atoms with E-state index in [0.717, 1.165) is 24.2 Å². The van der Waals surface area contributed by atoms with E-state index in [1.54, 1.807) is 19.2 Å². The van der Waals surface area contributed by atoms with Crippen LogP contribution in [-0.2, 0) is 30.9 Å². The maximum Gasteiger partial charge on any atom is 0.387 e. The molecule has 2 aromatic rings. The van der Waals surface area contributed by atoms with Gasteiger partial charge in [-0.2, -0.15) is 13.9 Å². The number of hydrogen-bond donors (Lipinski definition) is 2. The van der Waals surface area contributed by atoms with E-state index in [-0.39, 0.29) is 24.1 Å². The number of aliphatic imine (C=N–C) groups is 1. The third-order valence-electron chi connectivity index (χ3n) is 4.72. The summed E-state index contributed by atoms with van der Waals surface area (Å²) in [6.07, 6.45) is 1.70. The van der Waals surface area contributed by atoms with Crippen LogP contribution in [0.4, 0.5) is 8.78 Å². The number of fused-ring (bicyclic) bond motifs is 1. The van der Waals surface area contributed by atoms with Crippen LogP contribution >= 0.6 is 0 Å². The van der Waals surface area contributed by atoms with Gasteiger partial charge in [0.05, 0.1) is 20.2 Å². The number of ether oxygens (including phenoxy) is 3. The van der Waals surface area contributed by atoms with Gasteiger partial charge < -0.3 is 24.8 Å². The van der Waals surface area contributed by atoms with Gasteiger partial charge in [0.1, 0.15) is 12.4 Å². The normalized spacial score (nSPS) is 16.2. The van der Waals surface area contributed by atoms with Gasteiger partial charge >= 0.3 is 6.61 Å². The molecule has 0 amide bonds. The Labute approximate surface area is 179 Å². The number of guanidine groups is 1. The van der Waals surface area contributed by atoms with Crippen molar-refractivity contribution in [2.45, 2.75) is 52.1 Å². The van der Waals surface area contributed by atoms with Crippen LogP contribution in [0.15, 0.2) is 23.2 Å². The zero-order valence-corrected chi connectivity index (χ0v) is 17.9. The Bertz CT molecular complexity index is 890. The molecular weight excluding hydrogens is 410 g/mol. The van der Waals surface area contributed by atoms with E-state index in [4.69, 9.17) is 9.47 Å². The van der Waals surface area contributed by atoms with Crippen LogP contribution in [0, 0.1) is 0 Å². The number of nitrogens with one attached hydrogen (secondary N) is 2. The highest BCUT2D eigenvalue weighted by Gasteiger charge is 2.22. The van der Waals surface area contributed by atoms with Gasteiger partial charge in [-0.3, -0.25) is 0 Å². The first-order chi connectivity index (χ1) is 15.0. The van der Waals surface area contributed by atoms with E-state index in [1.165, 1.54) is 13.2 Å². The molecule has 2 heterocycles. The minimum absolute atomic E-state index is 0.0129. The summed E-state index contributed by atoms with van der Waals surface area (Å²) >= 11 is 0. The van der Waals surface area contributed by atoms with E-state index in [2.05, 4.69) is 30.4 Å². The van der Waals surface area contributed by atoms with E-state index in [1.807, 2.05) is 11.6 Å². The molecule has 170 valence electrons. The lowest BCUT2D eigenvalue weighted by Gasteiger charge is -2.25. The van der Waals surface area contributed by atoms with E-state index in [9.17, 15) is 8.78 Å². The smallest absolute Gasteiger partial charge is 0.387 e. The number of hydrogen-bond acceptors (Lipinski definition) is 6. The Morgan fingerprint density at radius 1 is 1.32 bits per heavy atom. The van der Waals surface area contributed by atoms with Crippen LogP contribution in [0.5, 0.6) is 11.5 Å². The summed E-state index contributed by atoms with van der Waals surface area (Å²) in [5, 5.41) is 11.1. The van der Waals surface area contributed by atoms with Crippen molar-refractivity contribution in [1.29, 1.82) is 0 Å². The number of halogens is 2. The van der Waals surface area contributed by atoms with Crippen LogP contribution in [0.3, 0.4) is 0 Å². The topological polar surface area (TPSA) is 94.8 Å². The maximum absolute atomic E-state index is 12.6. The fraction of sp³-hybridized carbons (Fsp3) is 0.550. The van der Waals surface area contributed by atoms with Gasteiger partial charge in [0.15, 0.2) is 23.3 Å². The number of rotatable bonds is 9. The van der Waals surface area contributed by atoms with Gasteiger partial charge in [-0.15, -0.1) is 0 Å². The molecule has 1 aliphatic rings. The number of alkyl halides is 2. The van der Waals surface area contributed by atoms with Crippen molar-refractivity contribution in [2.75, 3.05) is 20.8 Å². The van der Waals surface area contributed by atoms with Crippen molar-refractivity contribution in [2.24, 2.45) is 4.99 Å². The van der Waals surface area contributed by atoms with Gasteiger partial charge in [0.2, 0.25) is 0 Å². The molecule has 11 heteroatoms. The van der Waals surface area contributed by atoms with Crippen LogP contribution in [0.2, 0.25) is 0 Å². The number of nitrogens with zero attached hydrogens (tertiary/aromatic N) is 4. The molecule has 3 rings (SSSR count). The zero-order valence-electron chi connectivity index (χ0n) is 17.9. The zero-order chi connectivity index (χ0) is 22.2. The minimum Gasteiger partial charge on any atom is -0.493 e. The molecule has 0 fully saturated rings. The van der Waals surface area contributed by atoms with Crippen molar-refractivity contribution in [3.05, 3.63) is 35.4 Å². The Kier molecular flexibility index (Phi) is 7.99. The lowest BCUT2D eigenvalue weighted by Crippen LogP contribution is -2.47. The molecule has 1 aromatic carbocycles. The largest absolute Gasteiger partial charge is 0.493 e. The number of aromatic nitrogens is 3. The molecule has 1 aliphatic heterocycles. The van der Waals surface area contributed by atoms with Crippen molar-refractivity contribution < 1.29 is 23.0 Å². The Hall–Kier alpha value is -2.95. The molecule has 31 heavy (non-hydrogen) atoms. The second-order valence-electron chi connectivity index (χ2n) is 7.00. The lowest BCUT2D eigenvalue weighted by atomic mass is 10.1. The van der Waals surface area contributed by atoms with Crippen LogP contribution in [-0.4, -0.2) is 54.1 Å². The average Bonchev–Trinajstić information content (AvgIpc) is 3.14. The summed E-state index contributed by atoms with van der Waals surface area (Å²) in [5.74, 6) is 2.51. The first-order valence-electron chi connectivity index (χ1n) is 10.1. The predicted octanol–water partition coefficient (Wildman–Crippen LogP) is 2.10. The monoisotopic (exact) mass is 438 g/mol. The molecule has 0 bridgehead atoms. The molecule has 2 N–H and O–H groups in total. The lowest BCUT2D eigenvalue weighted by molar-refractivity contribution is -0.0512. The number of benzene rings is 1. The fourth-order valence-electron chi connectivity index (χ4n) is 3.36. The van der Waals surface area contributed by atoms with Crippen LogP contribution in [0.1, 0.15) is 30.6 Å². The van der Waals surface area contributed by atoms with Crippen molar-refractivity contribution in [3.8, 4) is 11.5 Å². The van der Waals surface area contributed by atoms with Gasteiger partial charge in [0, 0.05) is 26.1 Å². The quantitative estimate of drug-likeness (QED) is 0.457. The minimum atomic E-state index is -2.93. The highest BCUT2D eigenvalue weighted by molar-refractivity contribution is 5.80. The second-order valence-corrected chi connectivity index (χ2v) is 7.00. The van der Waals surface area contributed by atoms with Crippen molar-refractivity contribution in [1.82, 2.24) is 25.4 Å².